The SMILES string of the molecule is Cc1c(CNCC(O)CO)c(C)c(C(=O)NCC(O)CO)c(C)c1NC(=O)CO. The summed E-state index contributed by atoms with van der Waals surface area (Å²) in [6.45, 7) is 3.82. The van der Waals surface area contributed by atoms with Crippen LogP contribution in [-0.4, -0.2) is 82.5 Å². The van der Waals surface area contributed by atoms with Gasteiger partial charge in [-0.25, -0.2) is 0 Å². The zero-order valence-electron chi connectivity index (χ0n) is 16.9. The quantitative estimate of drug-likeness (QED) is 0.207. The van der Waals surface area contributed by atoms with Crippen LogP contribution >= 0.6 is 0 Å². The smallest absolute Gasteiger partial charge is 0.251 e. The van der Waals surface area contributed by atoms with Gasteiger partial charge in [-0.2, -0.15) is 0 Å². The Kier molecular flexibility index (Phi) is 10.2. The summed E-state index contributed by atoms with van der Waals surface area (Å²) in [6.07, 6.45) is -2.03. The van der Waals surface area contributed by atoms with Crippen LogP contribution in [0.1, 0.15) is 32.6 Å². The van der Waals surface area contributed by atoms with Crippen molar-refractivity contribution in [3.05, 3.63) is 27.8 Å². The van der Waals surface area contributed by atoms with Crippen LogP contribution in [-0.2, 0) is 11.3 Å². The normalized spacial score (nSPS) is 13.1. The highest BCUT2D eigenvalue weighted by atomic mass is 16.3. The maximum Gasteiger partial charge on any atom is 0.251 e. The second-order valence-electron chi connectivity index (χ2n) is 6.82. The molecule has 164 valence electrons. The first-order valence-corrected chi connectivity index (χ1v) is 9.27. The second kappa shape index (κ2) is 11.8. The van der Waals surface area contributed by atoms with E-state index in [1.54, 1.807) is 20.8 Å². The Hall–Kier alpha value is -2.08. The van der Waals surface area contributed by atoms with Gasteiger partial charge >= 0.3 is 0 Å². The number of benzene rings is 1. The van der Waals surface area contributed by atoms with E-state index in [-0.39, 0.29) is 19.6 Å². The van der Waals surface area contributed by atoms with Gasteiger partial charge in [0.25, 0.3) is 5.91 Å². The van der Waals surface area contributed by atoms with Gasteiger partial charge in [-0.3, -0.25) is 9.59 Å². The molecule has 0 aliphatic carbocycles. The summed E-state index contributed by atoms with van der Waals surface area (Å²) in [5, 5.41) is 54.1. The van der Waals surface area contributed by atoms with Gasteiger partial charge in [0.2, 0.25) is 5.91 Å². The van der Waals surface area contributed by atoms with Gasteiger partial charge in [0.1, 0.15) is 6.61 Å². The second-order valence-corrected chi connectivity index (χ2v) is 6.82. The molecule has 29 heavy (non-hydrogen) atoms. The molecule has 0 aromatic heterocycles. The number of carbonyl (C=O) groups is 2. The molecule has 0 fully saturated rings. The minimum absolute atomic E-state index is 0.131. The fraction of sp³-hybridized carbons (Fsp3) is 0.579. The zero-order chi connectivity index (χ0) is 22.1. The summed E-state index contributed by atoms with van der Waals surface area (Å²) in [5.74, 6) is -1.11. The van der Waals surface area contributed by atoms with E-state index in [9.17, 15) is 19.8 Å². The summed E-state index contributed by atoms with van der Waals surface area (Å²) in [5.41, 5.74) is 3.23. The highest BCUT2D eigenvalue weighted by molar-refractivity contribution is 6.02. The van der Waals surface area contributed by atoms with Gasteiger partial charge in [-0.15, -0.1) is 0 Å². The Morgan fingerprint density at radius 2 is 1.48 bits per heavy atom. The predicted octanol–water partition coefficient (Wildman–Crippen LogP) is -1.93. The number of aliphatic hydroxyl groups excluding tert-OH is 5. The molecule has 10 nitrogen and oxygen atoms in total. The molecule has 0 spiro atoms. The van der Waals surface area contributed by atoms with Crippen molar-refractivity contribution in [2.75, 3.05) is 38.2 Å². The molecule has 0 radical (unpaired) electrons. The van der Waals surface area contributed by atoms with Crippen LogP contribution in [0.5, 0.6) is 0 Å². The summed E-state index contributed by atoms with van der Waals surface area (Å²) < 4.78 is 0. The minimum atomic E-state index is -1.10. The van der Waals surface area contributed by atoms with Crippen molar-refractivity contribution in [1.82, 2.24) is 10.6 Å². The van der Waals surface area contributed by atoms with Crippen LogP contribution in [0.4, 0.5) is 5.69 Å². The lowest BCUT2D eigenvalue weighted by Crippen LogP contribution is -2.35. The first-order valence-electron chi connectivity index (χ1n) is 9.27. The summed E-state index contributed by atoms with van der Waals surface area (Å²) >= 11 is 0. The molecule has 0 saturated carbocycles. The van der Waals surface area contributed by atoms with E-state index >= 15 is 0 Å². The predicted molar refractivity (Wildman–Crippen MR) is 107 cm³/mol. The van der Waals surface area contributed by atoms with Gasteiger partial charge in [0, 0.05) is 30.9 Å². The number of hydrogen-bond donors (Lipinski definition) is 8. The highest BCUT2D eigenvalue weighted by Crippen LogP contribution is 2.31. The molecule has 2 amide bonds. The van der Waals surface area contributed by atoms with Crippen LogP contribution in [0.15, 0.2) is 0 Å². The molecule has 0 bridgehead atoms. The molecule has 0 saturated heterocycles. The maximum absolute atomic E-state index is 12.7. The van der Waals surface area contributed by atoms with E-state index in [1.807, 2.05) is 0 Å². The Balaban J connectivity index is 3.33. The van der Waals surface area contributed by atoms with Gasteiger partial charge in [0.05, 0.1) is 25.4 Å². The number of carbonyl (C=O) groups excluding carboxylic acids is 2. The third kappa shape index (κ3) is 6.74. The van der Waals surface area contributed by atoms with Crippen molar-refractivity contribution in [2.45, 2.75) is 39.5 Å². The van der Waals surface area contributed by atoms with Gasteiger partial charge in [0.15, 0.2) is 0 Å². The van der Waals surface area contributed by atoms with Crippen LogP contribution < -0.4 is 16.0 Å². The number of hydrogen-bond acceptors (Lipinski definition) is 8. The van der Waals surface area contributed by atoms with Gasteiger partial charge in [-0.05, 0) is 43.0 Å². The largest absolute Gasteiger partial charge is 0.394 e. The van der Waals surface area contributed by atoms with Gasteiger partial charge < -0.3 is 41.5 Å². The average Bonchev–Trinajstić information content (AvgIpc) is 2.71. The first kappa shape index (κ1) is 25.0. The van der Waals surface area contributed by atoms with Crippen LogP contribution in [0.2, 0.25) is 0 Å². The molecule has 1 rings (SSSR count). The fourth-order valence-electron chi connectivity index (χ4n) is 3.03. The Bertz CT molecular complexity index is 724. The minimum Gasteiger partial charge on any atom is -0.394 e. The van der Waals surface area contributed by atoms with Crippen molar-refractivity contribution in [2.24, 2.45) is 0 Å². The lowest BCUT2D eigenvalue weighted by atomic mass is 9.90. The summed E-state index contributed by atoms with van der Waals surface area (Å²) in [4.78, 5) is 24.5. The monoisotopic (exact) mass is 413 g/mol. The van der Waals surface area contributed by atoms with Gasteiger partial charge in [-0.1, -0.05) is 0 Å². The van der Waals surface area contributed by atoms with E-state index in [2.05, 4.69) is 16.0 Å². The number of aliphatic hydroxyl groups is 5. The van der Waals surface area contributed by atoms with Crippen LogP contribution in [0, 0.1) is 20.8 Å². The lowest BCUT2D eigenvalue weighted by molar-refractivity contribution is -0.118. The molecule has 2 atom stereocenters. The lowest BCUT2D eigenvalue weighted by Gasteiger charge is -2.23. The maximum atomic E-state index is 12.7. The standard InChI is InChI=1S/C19H31N3O7/c1-10-15(6-20-4-13(26)7-23)11(2)18(22-16(28)9-25)12(3)17(10)19(29)21-5-14(27)8-24/h13-14,20,23-27H,4-9H2,1-3H3,(H,21,29)(H,22,28). The van der Waals surface area contributed by atoms with Crippen molar-refractivity contribution in [3.63, 3.8) is 0 Å². The van der Waals surface area contributed by atoms with Crippen molar-refractivity contribution in [1.29, 1.82) is 0 Å². The van der Waals surface area contributed by atoms with E-state index < -0.39 is 43.8 Å². The fourth-order valence-corrected chi connectivity index (χ4v) is 3.03. The van der Waals surface area contributed by atoms with E-state index in [4.69, 9.17) is 15.3 Å². The molecule has 1 aromatic rings. The molecular weight excluding hydrogens is 382 g/mol. The van der Waals surface area contributed by atoms with E-state index in [0.29, 0.717) is 33.5 Å². The van der Waals surface area contributed by atoms with Crippen molar-refractivity contribution >= 4 is 17.5 Å². The summed E-state index contributed by atoms with van der Waals surface area (Å²) in [7, 11) is 0. The van der Waals surface area contributed by atoms with Crippen LogP contribution in [0.3, 0.4) is 0 Å². The zero-order valence-corrected chi connectivity index (χ0v) is 16.9. The molecule has 0 aliphatic rings. The Labute approximate surface area is 169 Å². The number of amides is 2. The third-order valence-electron chi connectivity index (χ3n) is 4.64. The molecular formula is C19H31N3O7. The van der Waals surface area contributed by atoms with E-state index in [1.165, 1.54) is 0 Å². The number of anilines is 1. The highest BCUT2D eigenvalue weighted by Gasteiger charge is 2.23. The topological polar surface area (TPSA) is 171 Å². The molecule has 10 heteroatoms. The van der Waals surface area contributed by atoms with Crippen molar-refractivity contribution in [3.8, 4) is 0 Å². The molecule has 8 N–H and O–H groups in total. The first-order chi connectivity index (χ1) is 13.7. The molecule has 0 heterocycles. The Morgan fingerprint density at radius 3 is 2.03 bits per heavy atom. The van der Waals surface area contributed by atoms with Crippen molar-refractivity contribution < 1.29 is 35.1 Å². The summed E-state index contributed by atoms with van der Waals surface area (Å²) in [6, 6.07) is 0. The third-order valence-corrected chi connectivity index (χ3v) is 4.64. The molecule has 2 unspecified atom stereocenters. The van der Waals surface area contributed by atoms with Crippen LogP contribution in [0.25, 0.3) is 0 Å². The number of nitrogens with one attached hydrogen (secondary N) is 3. The Morgan fingerprint density at radius 1 is 0.897 bits per heavy atom. The van der Waals surface area contributed by atoms with E-state index in [0.717, 1.165) is 0 Å². The number of rotatable bonds is 11. The average molecular weight is 413 g/mol. The molecule has 1 aromatic carbocycles. The molecule has 0 aliphatic heterocycles.